The highest BCUT2D eigenvalue weighted by Gasteiger charge is 2.45. The van der Waals surface area contributed by atoms with Crippen LogP contribution in [0.3, 0.4) is 0 Å². The molecule has 0 radical (unpaired) electrons. The average molecular weight is 1050 g/mol. The molecule has 3 aromatic carbocycles. The normalized spacial score (nSPS) is 16.1. The van der Waals surface area contributed by atoms with Gasteiger partial charge in [0.1, 0.15) is 17.6 Å². The Labute approximate surface area is 443 Å². The lowest BCUT2D eigenvalue weighted by atomic mass is 9.71. The fourth-order valence-corrected chi connectivity index (χ4v) is 10.0. The van der Waals surface area contributed by atoms with Crippen molar-refractivity contribution < 1.29 is 52.5 Å². The molecule has 2 aliphatic heterocycles. The third-order valence-electron chi connectivity index (χ3n) is 14.3. The van der Waals surface area contributed by atoms with Crippen molar-refractivity contribution in [2.75, 3.05) is 65.9 Å². The Bertz CT molecular complexity index is 3210. The molecule has 77 heavy (non-hydrogen) atoms. The molecule has 5 heterocycles. The second kappa shape index (κ2) is 25.5. The van der Waals surface area contributed by atoms with E-state index in [2.05, 4.69) is 50.4 Å². The highest BCUT2D eigenvalue weighted by molar-refractivity contribution is 6.24. The van der Waals surface area contributed by atoms with Gasteiger partial charge in [-0.1, -0.05) is 66.7 Å². The minimum Gasteiger partial charge on any atom is -0.379 e. The second-order valence-electron chi connectivity index (χ2n) is 19.4. The van der Waals surface area contributed by atoms with Crippen LogP contribution in [-0.2, 0) is 54.9 Å². The number of Topliss-reactive ketones (excluding diaryl/α,β-unsaturated/α-hetero) is 2. The number of hydrogen-bond acceptors (Lipinski definition) is 15. The molecule has 20 nitrogen and oxygen atoms in total. The van der Waals surface area contributed by atoms with Crippen LogP contribution in [0.25, 0.3) is 38.9 Å². The van der Waals surface area contributed by atoms with E-state index in [1.807, 2.05) is 42.5 Å². The van der Waals surface area contributed by atoms with E-state index in [4.69, 9.17) is 23.9 Å². The minimum atomic E-state index is -1.11. The summed E-state index contributed by atoms with van der Waals surface area (Å²) in [5, 5.41) is 16.2. The van der Waals surface area contributed by atoms with Crippen LogP contribution in [0.4, 0.5) is 0 Å². The molecule has 2 fully saturated rings. The van der Waals surface area contributed by atoms with Gasteiger partial charge < -0.3 is 24.3 Å². The fraction of sp³-hybridized carbons (Fsp3) is 0.404. The number of rotatable bonds is 28. The predicted octanol–water partition coefficient (Wildman–Crippen LogP) is 4.79. The first kappa shape index (κ1) is 54.2. The summed E-state index contributed by atoms with van der Waals surface area (Å²) in [6, 6.07) is 25.8. The highest BCUT2D eigenvalue weighted by Crippen LogP contribution is 2.42. The Balaban J connectivity index is 0.591. The van der Waals surface area contributed by atoms with Crippen LogP contribution in [0.2, 0.25) is 0 Å². The van der Waals surface area contributed by atoms with Crippen molar-refractivity contribution >= 4 is 57.7 Å². The molecule has 6 aromatic rings. The van der Waals surface area contributed by atoms with Crippen LogP contribution in [0.5, 0.6) is 0 Å². The zero-order chi connectivity index (χ0) is 53.7. The van der Waals surface area contributed by atoms with Gasteiger partial charge in [0.05, 0.1) is 75.1 Å². The number of nitrogens with one attached hydrogen (secondary N) is 4. The maximum atomic E-state index is 13.4. The first-order valence-electron chi connectivity index (χ1n) is 26.3. The molecule has 3 aliphatic rings. The first-order valence-corrected chi connectivity index (χ1v) is 26.3. The molecular formula is C57H62N8O12. The summed E-state index contributed by atoms with van der Waals surface area (Å²) in [5.41, 5.74) is 5.98. The van der Waals surface area contributed by atoms with Gasteiger partial charge in [-0.15, -0.1) is 0 Å². The quantitative estimate of drug-likeness (QED) is 0.0381. The van der Waals surface area contributed by atoms with Crippen molar-refractivity contribution in [3.63, 3.8) is 0 Å². The molecule has 1 unspecified atom stereocenters. The molecule has 0 spiro atoms. The van der Waals surface area contributed by atoms with Crippen molar-refractivity contribution in [1.82, 2.24) is 40.4 Å². The minimum absolute atomic E-state index is 0.0169. The average Bonchev–Trinajstić information content (AvgIpc) is 3.87. The first-order chi connectivity index (χ1) is 37.5. The lowest BCUT2D eigenvalue weighted by Crippen LogP contribution is -2.51. The predicted molar refractivity (Wildman–Crippen MR) is 282 cm³/mol. The Kier molecular flexibility index (Phi) is 17.9. The van der Waals surface area contributed by atoms with E-state index in [1.165, 1.54) is 10.5 Å². The lowest BCUT2D eigenvalue weighted by molar-refractivity contribution is -0.131. The largest absolute Gasteiger partial charge is 0.379 e. The number of fused-ring (bicyclic) bond motifs is 4. The van der Waals surface area contributed by atoms with Gasteiger partial charge in [-0.3, -0.25) is 49.1 Å². The topological polar surface area (TPSA) is 259 Å². The molecule has 4 N–H and O–H groups in total. The monoisotopic (exact) mass is 1050 g/mol. The summed E-state index contributed by atoms with van der Waals surface area (Å²) in [4.78, 5) is 108. The number of H-pyrrole nitrogens is 1. The number of amides is 5. The van der Waals surface area contributed by atoms with Crippen LogP contribution in [0.15, 0.2) is 95.9 Å². The number of pyridine rings is 2. The molecule has 3 aromatic heterocycles. The molecule has 1 saturated carbocycles. The molecular weight excluding hydrogens is 989 g/mol. The van der Waals surface area contributed by atoms with E-state index in [0.717, 1.165) is 63.0 Å². The van der Waals surface area contributed by atoms with Crippen molar-refractivity contribution in [3.05, 3.63) is 124 Å². The summed E-state index contributed by atoms with van der Waals surface area (Å²) < 4.78 is 23.8. The van der Waals surface area contributed by atoms with Crippen molar-refractivity contribution in [2.24, 2.45) is 0 Å². The van der Waals surface area contributed by atoms with Crippen LogP contribution < -0.4 is 21.6 Å². The van der Waals surface area contributed by atoms with Gasteiger partial charge in [0.2, 0.25) is 17.7 Å². The van der Waals surface area contributed by atoms with Crippen molar-refractivity contribution in [1.29, 1.82) is 0 Å². The summed E-state index contributed by atoms with van der Waals surface area (Å²) in [6.07, 6.45) is 5.82. The lowest BCUT2D eigenvalue weighted by Gasteiger charge is -2.43. The molecule has 1 atom stereocenters. The molecule has 1 aliphatic carbocycles. The molecule has 402 valence electrons. The van der Waals surface area contributed by atoms with E-state index in [0.29, 0.717) is 83.5 Å². The van der Waals surface area contributed by atoms with Gasteiger partial charge >= 0.3 is 5.69 Å². The number of carbonyl (C=O) groups excluding carboxylic acids is 7. The number of ether oxygens (including phenoxy) is 4. The summed E-state index contributed by atoms with van der Waals surface area (Å²) in [5.74, 6) is -2.92. The maximum Gasteiger partial charge on any atom is 0.347 e. The Morgan fingerprint density at radius 3 is 2.16 bits per heavy atom. The van der Waals surface area contributed by atoms with Gasteiger partial charge in [0.25, 0.3) is 11.8 Å². The molecule has 20 heteroatoms. The molecule has 5 amide bonds. The number of imide groups is 2. The fourth-order valence-electron chi connectivity index (χ4n) is 10.0. The van der Waals surface area contributed by atoms with E-state index in [9.17, 15) is 38.4 Å². The molecule has 9 rings (SSSR count). The maximum absolute atomic E-state index is 13.4. The second-order valence-corrected chi connectivity index (χ2v) is 19.4. The van der Waals surface area contributed by atoms with Crippen LogP contribution in [-0.4, -0.2) is 138 Å². The number of aromatic nitrogens is 4. The standard InChI is InChI=1S/C57H62N8O12/c66-41(19-20-42(67)34-39-10-4-12-43-50(39)55(72)65(54(43)71)47-13-5-14-48(68)61-53(47)70)11-6-26-74-28-30-76-32-33-77-31-29-75-27-24-58-49(69)36-59-57(22-7-23-57)40-17-15-38(16-18-40)51-44(37-8-2-1-3-9-37)35-45-46(60-51)21-25-64-52(45)62-63-56(64)73/h1-4,8-10,12,15-18,21,25,35,47,59H,5-7,11,13-14,19-20,22-24,26-34,36H2,(H,58,69)(H,63,73)(H,61,68,70). The molecule has 0 bridgehead atoms. The highest BCUT2D eigenvalue weighted by atomic mass is 16.6. The zero-order valence-corrected chi connectivity index (χ0v) is 42.8. The van der Waals surface area contributed by atoms with Crippen molar-refractivity contribution in [3.8, 4) is 22.4 Å². The zero-order valence-electron chi connectivity index (χ0n) is 42.8. The summed E-state index contributed by atoms with van der Waals surface area (Å²) >= 11 is 0. The number of aromatic amines is 1. The van der Waals surface area contributed by atoms with Crippen LogP contribution >= 0.6 is 0 Å². The van der Waals surface area contributed by atoms with E-state index >= 15 is 0 Å². The van der Waals surface area contributed by atoms with E-state index < -0.39 is 29.7 Å². The van der Waals surface area contributed by atoms with Gasteiger partial charge in [-0.2, -0.15) is 5.10 Å². The summed E-state index contributed by atoms with van der Waals surface area (Å²) in [7, 11) is 0. The number of carbonyl (C=O) groups is 7. The Hall–Kier alpha value is -7.62. The number of ketones is 2. The van der Waals surface area contributed by atoms with Gasteiger partial charge in [-0.05, 0) is 73.4 Å². The van der Waals surface area contributed by atoms with Gasteiger partial charge in [-0.25, -0.2) is 19.3 Å². The number of benzene rings is 3. The molecule has 1 saturated heterocycles. The van der Waals surface area contributed by atoms with Crippen molar-refractivity contribution in [2.45, 2.75) is 82.2 Å². The Morgan fingerprint density at radius 1 is 0.714 bits per heavy atom. The smallest absolute Gasteiger partial charge is 0.347 e. The van der Waals surface area contributed by atoms with Crippen LogP contribution in [0, 0.1) is 0 Å². The SMILES string of the molecule is O=C(CCCOCCOCCOCCOCCNC(=O)CNC1(c2ccc(-c3nc4ccn5c(=O)[nH]nc5c4cc3-c3ccccc3)cc2)CCC1)CCC(=O)Cc1cccc2c1C(=O)N(C1CCCC(=O)NC1=O)C2=O. The van der Waals surface area contributed by atoms with Crippen LogP contribution in [0.1, 0.15) is 96.1 Å². The number of nitrogens with zero attached hydrogens (tertiary/aromatic N) is 4. The Morgan fingerprint density at radius 2 is 1.43 bits per heavy atom. The third-order valence-corrected chi connectivity index (χ3v) is 14.3. The van der Waals surface area contributed by atoms with Gasteiger partial charge in [0, 0.05) is 73.5 Å². The van der Waals surface area contributed by atoms with Gasteiger partial charge in [0.15, 0.2) is 5.65 Å². The number of hydrogen-bond donors (Lipinski definition) is 4. The summed E-state index contributed by atoms with van der Waals surface area (Å²) in [6.45, 7) is 3.43. The van der Waals surface area contributed by atoms with E-state index in [-0.39, 0.29) is 84.9 Å². The van der Waals surface area contributed by atoms with E-state index in [1.54, 1.807) is 18.3 Å². The third kappa shape index (κ3) is 13.0.